The molecule has 2 aromatic heterocycles. The third kappa shape index (κ3) is 2.71. The molecule has 2 N–H and O–H groups in total. The summed E-state index contributed by atoms with van der Waals surface area (Å²) in [5.41, 5.74) is 4.79. The van der Waals surface area contributed by atoms with Crippen molar-refractivity contribution >= 4 is 23.0 Å². The van der Waals surface area contributed by atoms with Gasteiger partial charge in [0.1, 0.15) is 6.04 Å². The van der Waals surface area contributed by atoms with Crippen LogP contribution in [-0.4, -0.2) is 50.8 Å². The van der Waals surface area contributed by atoms with Gasteiger partial charge in [0.2, 0.25) is 5.91 Å². The van der Waals surface area contributed by atoms with Crippen LogP contribution in [0.1, 0.15) is 23.0 Å². The fourth-order valence-corrected chi connectivity index (χ4v) is 3.30. The van der Waals surface area contributed by atoms with Gasteiger partial charge in [-0.3, -0.25) is 9.59 Å². The number of hydrogen-bond donors (Lipinski definition) is 2. The second kappa shape index (κ2) is 6.25. The standard InChI is InChI=1S/C19H19N5O2/c1-11-15(9-16-17(23-11)22-10-21-16)13-4-3-5-14(8-13)19(26)24-7-6-20-18(25)12(24)2/h3-5,8-10,12H,6-7H2,1-2H3,(H,20,25)(H,21,22,23). The number of nitrogens with one attached hydrogen (secondary N) is 2. The van der Waals surface area contributed by atoms with Gasteiger partial charge in [0.25, 0.3) is 5.91 Å². The molecule has 7 nitrogen and oxygen atoms in total. The number of piperazine rings is 1. The molecule has 1 aliphatic heterocycles. The van der Waals surface area contributed by atoms with Gasteiger partial charge >= 0.3 is 0 Å². The average Bonchev–Trinajstić information content (AvgIpc) is 3.10. The van der Waals surface area contributed by atoms with Crippen molar-refractivity contribution in [2.45, 2.75) is 19.9 Å². The number of aromatic nitrogens is 3. The molecule has 0 aliphatic carbocycles. The largest absolute Gasteiger partial charge is 0.353 e. The summed E-state index contributed by atoms with van der Waals surface area (Å²) < 4.78 is 0. The molecule has 3 aromatic rings. The van der Waals surface area contributed by atoms with E-state index in [0.717, 1.165) is 22.3 Å². The van der Waals surface area contributed by atoms with Gasteiger partial charge < -0.3 is 15.2 Å². The first kappa shape index (κ1) is 16.3. The molecule has 1 atom stereocenters. The highest BCUT2D eigenvalue weighted by Gasteiger charge is 2.29. The van der Waals surface area contributed by atoms with E-state index in [-0.39, 0.29) is 11.8 Å². The topological polar surface area (TPSA) is 91.0 Å². The maximum absolute atomic E-state index is 12.9. The highest BCUT2D eigenvalue weighted by Crippen LogP contribution is 2.26. The van der Waals surface area contributed by atoms with E-state index < -0.39 is 6.04 Å². The van der Waals surface area contributed by atoms with Crippen LogP contribution in [0, 0.1) is 6.92 Å². The summed E-state index contributed by atoms with van der Waals surface area (Å²) in [6.45, 7) is 4.66. The minimum absolute atomic E-state index is 0.120. The van der Waals surface area contributed by atoms with E-state index in [1.54, 1.807) is 24.2 Å². The zero-order valence-electron chi connectivity index (χ0n) is 14.6. The summed E-state index contributed by atoms with van der Waals surface area (Å²) in [6.07, 6.45) is 1.61. The quantitative estimate of drug-likeness (QED) is 0.739. The fraction of sp³-hybridized carbons (Fsp3) is 0.263. The molecule has 1 unspecified atom stereocenters. The lowest BCUT2D eigenvalue weighted by Crippen LogP contribution is -2.55. The predicted octanol–water partition coefficient (Wildman–Crippen LogP) is 1.89. The molecule has 0 bridgehead atoms. The van der Waals surface area contributed by atoms with Gasteiger partial charge in [-0.1, -0.05) is 12.1 Å². The molecule has 1 aliphatic rings. The number of pyridine rings is 1. The minimum atomic E-state index is -0.468. The van der Waals surface area contributed by atoms with Gasteiger partial charge in [0, 0.05) is 29.9 Å². The Morgan fingerprint density at radius 2 is 2.15 bits per heavy atom. The number of imidazole rings is 1. The first-order valence-electron chi connectivity index (χ1n) is 8.54. The summed E-state index contributed by atoms with van der Waals surface area (Å²) in [6, 6.07) is 8.97. The molecule has 3 heterocycles. The number of carbonyl (C=O) groups is 2. The first-order valence-corrected chi connectivity index (χ1v) is 8.54. The van der Waals surface area contributed by atoms with Crippen molar-refractivity contribution in [2.24, 2.45) is 0 Å². The van der Waals surface area contributed by atoms with Gasteiger partial charge in [-0.15, -0.1) is 0 Å². The third-order valence-electron chi connectivity index (χ3n) is 4.78. The fourth-order valence-electron chi connectivity index (χ4n) is 3.30. The van der Waals surface area contributed by atoms with Crippen LogP contribution in [0.15, 0.2) is 36.7 Å². The number of aryl methyl sites for hydroxylation is 1. The smallest absolute Gasteiger partial charge is 0.254 e. The number of nitrogens with zero attached hydrogens (tertiary/aromatic N) is 3. The number of fused-ring (bicyclic) bond motifs is 1. The van der Waals surface area contributed by atoms with Gasteiger partial charge in [0.15, 0.2) is 5.65 Å². The molecular weight excluding hydrogens is 330 g/mol. The Balaban J connectivity index is 1.71. The van der Waals surface area contributed by atoms with Gasteiger partial charge in [0.05, 0.1) is 11.8 Å². The van der Waals surface area contributed by atoms with Crippen LogP contribution in [0.5, 0.6) is 0 Å². The van der Waals surface area contributed by atoms with Crippen molar-refractivity contribution in [3.8, 4) is 11.1 Å². The van der Waals surface area contributed by atoms with Crippen molar-refractivity contribution in [3.63, 3.8) is 0 Å². The van der Waals surface area contributed by atoms with Crippen LogP contribution in [0.25, 0.3) is 22.3 Å². The highest BCUT2D eigenvalue weighted by atomic mass is 16.2. The van der Waals surface area contributed by atoms with E-state index in [9.17, 15) is 9.59 Å². The Morgan fingerprint density at radius 3 is 3.00 bits per heavy atom. The van der Waals surface area contributed by atoms with Crippen LogP contribution in [0.2, 0.25) is 0 Å². The Morgan fingerprint density at radius 1 is 1.31 bits per heavy atom. The third-order valence-corrected chi connectivity index (χ3v) is 4.78. The summed E-state index contributed by atoms with van der Waals surface area (Å²) in [4.78, 5) is 38.1. The number of hydrogen-bond acceptors (Lipinski definition) is 4. The van der Waals surface area contributed by atoms with Crippen molar-refractivity contribution in [1.29, 1.82) is 0 Å². The number of H-pyrrole nitrogens is 1. The van der Waals surface area contributed by atoms with E-state index in [4.69, 9.17) is 0 Å². The number of carbonyl (C=O) groups excluding carboxylic acids is 2. The van der Waals surface area contributed by atoms with Gasteiger partial charge in [-0.25, -0.2) is 9.97 Å². The number of amides is 2. The SMILES string of the molecule is Cc1nc2nc[nH]c2cc1-c1cccc(C(=O)N2CCNC(=O)C2C)c1. The molecule has 0 saturated carbocycles. The molecule has 0 spiro atoms. The van der Waals surface area contributed by atoms with Crippen molar-refractivity contribution in [1.82, 2.24) is 25.2 Å². The highest BCUT2D eigenvalue weighted by molar-refractivity contribution is 5.99. The molecule has 2 amide bonds. The first-order chi connectivity index (χ1) is 12.5. The van der Waals surface area contributed by atoms with E-state index in [2.05, 4.69) is 20.3 Å². The lowest BCUT2D eigenvalue weighted by atomic mass is 10.0. The van der Waals surface area contributed by atoms with E-state index >= 15 is 0 Å². The normalized spacial score (nSPS) is 17.4. The average molecular weight is 349 g/mol. The monoisotopic (exact) mass is 349 g/mol. The Hall–Kier alpha value is -3.22. The molecule has 4 rings (SSSR count). The van der Waals surface area contributed by atoms with Crippen LogP contribution >= 0.6 is 0 Å². The summed E-state index contributed by atoms with van der Waals surface area (Å²) in [5, 5.41) is 2.78. The zero-order chi connectivity index (χ0) is 18.3. The molecule has 1 fully saturated rings. The molecule has 132 valence electrons. The van der Waals surface area contributed by atoms with Crippen LogP contribution in [0.4, 0.5) is 0 Å². The number of benzene rings is 1. The number of aromatic amines is 1. The Kier molecular flexibility index (Phi) is 3.91. The van der Waals surface area contributed by atoms with Crippen LogP contribution in [-0.2, 0) is 4.79 Å². The Labute approximate surface area is 150 Å². The lowest BCUT2D eigenvalue weighted by molar-refractivity contribution is -0.127. The second-order valence-electron chi connectivity index (χ2n) is 6.44. The summed E-state index contributed by atoms with van der Waals surface area (Å²) in [5.74, 6) is -0.257. The minimum Gasteiger partial charge on any atom is -0.353 e. The van der Waals surface area contributed by atoms with Crippen molar-refractivity contribution in [3.05, 3.63) is 47.9 Å². The predicted molar refractivity (Wildman–Crippen MR) is 97.6 cm³/mol. The zero-order valence-corrected chi connectivity index (χ0v) is 14.6. The lowest BCUT2D eigenvalue weighted by Gasteiger charge is -2.33. The molecule has 1 aromatic carbocycles. The summed E-state index contributed by atoms with van der Waals surface area (Å²) in [7, 11) is 0. The maximum atomic E-state index is 12.9. The second-order valence-corrected chi connectivity index (χ2v) is 6.44. The molecule has 1 saturated heterocycles. The van der Waals surface area contributed by atoms with E-state index in [1.807, 2.05) is 31.2 Å². The molecule has 0 radical (unpaired) electrons. The van der Waals surface area contributed by atoms with Gasteiger partial charge in [-0.2, -0.15) is 0 Å². The van der Waals surface area contributed by atoms with E-state index in [1.165, 1.54) is 0 Å². The maximum Gasteiger partial charge on any atom is 0.254 e. The van der Waals surface area contributed by atoms with E-state index in [0.29, 0.717) is 24.3 Å². The Bertz CT molecular complexity index is 1010. The van der Waals surface area contributed by atoms with Gasteiger partial charge in [-0.05, 0) is 37.6 Å². The van der Waals surface area contributed by atoms with Crippen LogP contribution in [0.3, 0.4) is 0 Å². The van der Waals surface area contributed by atoms with Crippen molar-refractivity contribution in [2.75, 3.05) is 13.1 Å². The number of rotatable bonds is 2. The molecule has 26 heavy (non-hydrogen) atoms. The summed E-state index contributed by atoms with van der Waals surface area (Å²) >= 11 is 0. The molecular formula is C19H19N5O2. The van der Waals surface area contributed by atoms with Crippen LogP contribution < -0.4 is 5.32 Å². The van der Waals surface area contributed by atoms with Crippen molar-refractivity contribution < 1.29 is 9.59 Å². The molecule has 7 heteroatoms.